The second-order valence-electron chi connectivity index (χ2n) is 7.45. The van der Waals surface area contributed by atoms with E-state index in [2.05, 4.69) is 15.6 Å². The third kappa shape index (κ3) is 6.63. The molecule has 0 saturated heterocycles. The lowest BCUT2D eigenvalue weighted by atomic mass is 10.0. The van der Waals surface area contributed by atoms with Gasteiger partial charge in [-0.05, 0) is 53.8 Å². The van der Waals surface area contributed by atoms with Crippen LogP contribution in [0, 0.1) is 11.6 Å². The molecule has 1 amide bonds. The molecule has 0 unspecified atom stereocenters. The Labute approximate surface area is 193 Å². The molecule has 0 fully saturated rings. The fourth-order valence-electron chi connectivity index (χ4n) is 3.31. The summed E-state index contributed by atoms with van der Waals surface area (Å²) in [5, 5.41) is 4.90. The predicted octanol–water partition coefficient (Wildman–Crippen LogP) is 5.54. The lowest BCUT2D eigenvalue weighted by Crippen LogP contribution is -2.20. The van der Waals surface area contributed by atoms with Crippen LogP contribution >= 0.6 is 0 Å². The minimum absolute atomic E-state index is 0.132. The van der Waals surface area contributed by atoms with Crippen molar-refractivity contribution >= 4 is 17.7 Å². The lowest BCUT2D eigenvalue weighted by molar-refractivity contribution is -0.141. The second kappa shape index (κ2) is 10.9. The molecule has 0 saturated carbocycles. The number of nitrogens with one attached hydrogen (secondary N) is 2. The number of hydrogen-bond acceptors (Lipinski definition) is 3. The van der Waals surface area contributed by atoms with Gasteiger partial charge in [-0.3, -0.25) is 4.79 Å². The van der Waals surface area contributed by atoms with Crippen molar-refractivity contribution in [3.63, 3.8) is 0 Å². The van der Waals surface area contributed by atoms with Gasteiger partial charge in [0.1, 0.15) is 23.0 Å². The molecular formula is C25H22F5N3O. The highest BCUT2D eigenvalue weighted by Gasteiger charge is 2.32. The number of carbonyl (C=O) groups excluding carboxylic acids is 1. The fraction of sp³-hybridized carbons (Fsp3) is 0.200. The normalized spacial score (nSPS) is 11.6. The number of hydrogen-bond donors (Lipinski definition) is 2. The van der Waals surface area contributed by atoms with Crippen LogP contribution in [0.1, 0.15) is 28.1 Å². The van der Waals surface area contributed by atoms with Crippen LogP contribution in [0.4, 0.5) is 27.6 Å². The molecule has 4 nitrogen and oxygen atoms in total. The molecule has 0 spiro atoms. The van der Waals surface area contributed by atoms with Crippen LogP contribution in [0.25, 0.3) is 6.08 Å². The number of aryl methyl sites for hydroxylation is 2. The molecule has 34 heavy (non-hydrogen) atoms. The van der Waals surface area contributed by atoms with E-state index >= 15 is 0 Å². The minimum atomic E-state index is -4.59. The maximum Gasteiger partial charge on any atom is 0.433 e. The Morgan fingerprint density at radius 2 is 1.65 bits per heavy atom. The first kappa shape index (κ1) is 24.9. The Bertz CT molecular complexity index is 1150. The smallest absolute Gasteiger partial charge is 0.383 e. The van der Waals surface area contributed by atoms with Crippen LogP contribution in [-0.2, 0) is 30.4 Å². The van der Waals surface area contributed by atoms with Crippen molar-refractivity contribution < 1.29 is 26.7 Å². The largest absolute Gasteiger partial charge is 0.433 e. The molecule has 0 atom stereocenters. The molecule has 3 rings (SSSR count). The molecule has 2 N–H and O–H groups in total. The third-order valence-corrected chi connectivity index (χ3v) is 5.03. The second-order valence-corrected chi connectivity index (χ2v) is 7.45. The molecule has 2 aromatic carbocycles. The summed E-state index contributed by atoms with van der Waals surface area (Å²) < 4.78 is 67.1. The maximum absolute atomic E-state index is 13.8. The van der Waals surface area contributed by atoms with Gasteiger partial charge in [0.2, 0.25) is 5.91 Å². The Morgan fingerprint density at radius 3 is 2.26 bits per heavy atom. The molecular weight excluding hydrogens is 453 g/mol. The van der Waals surface area contributed by atoms with Crippen molar-refractivity contribution in [1.29, 1.82) is 0 Å². The Balaban J connectivity index is 1.72. The van der Waals surface area contributed by atoms with Crippen molar-refractivity contribution in [1.82, 2.24) is 10.3 Å². The number of rotatable bonds is 8. The van der Waals surface area contributed by atoms with Gasteiger partial charge in [-0.2, -0.15) is 13.2 Å². The maximum atomic E-state index is 13.8. The van der Waals surface area contributed by atoms with E-state index in [0.29, 0.717) is 12.0 Å². The molecule has 0 bridgehead atoms. The Morgan fingerprint density at radius 1 is 0.971 bits per heavy atom. The van der Waals surface area contributed by atoms with Crippen molar-refractivity contribution in [2.75, 3.05) is 12.4 Å². The number of alkyl halides is 3. The van der Waals surface area contributed by atoms with E-state index in [0.717, 1.165) is 29.8 Å². The summed E-state index contributed by atoms with van der Waals surface area (Å²) in [5.74, 6) is -2.16. The number of aromatic nitrogens is 1. The minimum Gasteiger partial charge on any atom is -0.383 e. The first-order chi connectivity index (χ1) is 16.2. The fourth-order valence-corrected chi connectivity index (χ4v) is 3.31. The van der Waals surface area contributed by atoms with E-state index in [1.807, 2.05) is 30.3 Å². The zero-order valence-corrected chi connectivity index (χ0v) is 18.2. The zero-order valence-electron chi connectivity index (χ0n) is 18.2. The van der Waals surface area contributed by atoms with Gasteiger partial charge in [-0.15, -0.1) is 0 Å². The first-order valence-corrected chi connectivity index (χ1v) is 10.4. The average Bonchev–Trinajstić information content (AvgIpc) is 2.80. The van der Waals surface area contributed by atoms with Crippen LogP contribution in [0.2, 0.25) is 0 Å². The van der Waals surface area contributed by atoms with Crippen LogP contribution in [0.15, 0.2) is 60.7 Å². The molecule has 1 heterocycles. The predicted molar refractivity (Wildman–Crippen MR) is 120 cm³/mol. The molecule has 1 aromatic heterocycles. The van der Waals surface area contributed by atoms with E-state index in [4.69, 9.17) is 0 Å². The van der Waals surface area contributed by atoms with E-state index in [-0.39, 0.29) is 29.9 Å². The topological polar surface area (TPSA) is 54.0 Å². The van der Waals surface area contributed by atoms with Gasteiger partial charge in [0.15, 0.2) is 0 Å². The average molecular weight is 475 g/mol. The third-order valence-electron chi connectivity index (χ3n) is 5.03. The number of benzene rings is 2. The van der Waals surface area contributed by atoms with Gasteiger partial charge in [0.05, 0.1) is 0 Å². The SMILES string of the molecule is CNc1c(F)cc(CNC(=O)/C=C/c2ccc(C(F)(F)F)nc2CCc2ccccc2)cc1F. The first-order valence-electron chi connectivity index (χ1n) is 10.4. The number of halogens is 5. The highest BCUT2D eigenvalue weighted by molar-refractivity contribution is 5.91. The zero-order chi connectivity index (χ0) is 24.7. The summed E-state index contributed by atoms with van der Waals surface area (Å²) in [4.78, 5) is 16.0. The van der Waals surface area contributed by atoms with Gasteiger partial charge >= 0.3 is 6.18 Å². The summed E-state index contributed by atoms with van der Waals surface area (Å²) in [6, 6.07) is 13.6. The van der Waals surface area contributed by atoms with Crippen LogP contribution < -0.4 is 10.6 Å². The molecule has 0 radical (unpaired) electrons. The molecule has 0 aliphatic heterocycles. The monoisotopic (exact) mass is 475 g/mol. The molecule has 9 heteroatoms. The highest BCUT2D eigenvalue weighted by Crippen LogP contribution is 2.29. The van der Waals surface area contributed by atoms with Crippen molar-refractivity contribution in [3.05, 3.63) is 100 Å². The summed E-state index contributed by atoms with van der Waals surface area (Å²) in [7, 11) is 1.39. The summed E-state index contributed by atoms with van der Waals surface area (Å²) in [5.41, 5.74) is 0.455. The number of nitrogens with zero attached hydrogens (tertiary/aromatic N) is 1. The van der Waals surface area contributed by atoms with Crippen molar-refractivity contribution in [2.45, 2.75) is 25.6 Å². The summed E-state index contributed by atoms with van der Waals surface area (Å²) in [6.45, 7) is -0.132. The van der Waals surface area contributed by atoms with Crippen molar-refractivity contribution in [3.8, 4) is 0 Å². The van der Waals surface area contributed by atoms with E-state index in [1.54, 1.807) is 0 Å². The van der Waals surface area contributed by atoms with E-state index < -0.39 is 29.4 Å². The van der Waals surface area contributed by atoms with Crippen molar-refractivity contribution in [2.24, 2.45) is 0 Å². The highest BCUT2D eigenvalue weighted by atomic mass is 19.4. The number of amides is 1. The van der Waals surface area contributed by atoms with Gasteiger partial charge in [0, 0.05) is 25.4 Å². The Hall–Kier alpha value is -3.75. The van der Waals surface area contributed by atoms with Gasteiger partial charge < -0.3 is 10.6 Å². The van der Waals surface area contributed by atoms with E-state index in [1.165, 1.54) is 19.2 Å². The summed E-state index contributed by atoms with van der Waals surface area (Å²) >= 11 is 0. The van der Waals surface area contributed by atoms with Gasteiger partial charge in [0.25, 0.3) is 0 Å². The van der Waals surface area contributed by atoms with Gasteiger partial charge in [-0.25, -0.2) is 13.8 Å². The number of anilines is 1. The van der Waals surface area contributed by atoms with Gasteiger partial charge in [-0.1, -0.05) is 36.4 Å². The lowest BCUT2D eigenvalue weighted by Gasteiger charge is -2.11. The molecule has 0 aliphatic rings. The van der Waals surface area contributed by atoms with E-state index in [9.17, 15) is 26.7 Å². The quantitative estimate of drug-likeness (QED) is 0.333. The molecule has 178 valence electrons. The molecule has 0 aliphatic carbocycles. The van der Waals surface area contributed by atoms with Crippen LogP contribution in [-0.4, -0.2) is 17.9 Å². The van der Waals surface area contributed by atoms with Crippen LogP contribution in [0.3, 0.4) is 0 Å². The standard InChI is InChI=1S/C25H22F5N3O/c1-31-24-19(26)13-17(14-20(24)27)15-32-23(34)12-9-18-8-11-22(25(28,29)30)33-21(18)10-7-16-5-3-2-4-6-16/h2-6,8-9,11-14,31H,7,10,15H2,1H3,(H,32,34)/b12-9+. The number of carbonyl (C=O) groups is 1. The summed E-state index contributed by atoms with van der Waals surface area (Å²) in [6.07, 6.45) is -1.36. The van der Waals surface area contributed by atoms with Crippen LogP contribution in [0.5, 0.6) is 0 Å². The number of pyridine rings is 1. The Kier molecular flexibility index (Phi) is 7.99. The molecule has 3 aromatic rings.